The van der Waals surface area contributed by atoms with Crippen LogP contribution < -0.4 is 10.6 Å². The van der Waals surface area contributed by atoms with Crippen LogP contribution in [0.15, 0.2) is 53.1 Å². The van der Waals surface area contributed by atoms with Crippen LogP contribution in [0.4, 0.5) is 23.1 Å². The van der Waals surface area contributed by atoms with E-state index in [1.807, 2.05) is 30.3 Å². The van der Waals surface area contributed by atoms with Gasteiger partial charge >= 0.3 is 0 Å². The number of hydrogen-bond acceptors (Lipinski definition) is 5. The van der Waals surface area contributed by atoms with E-state index in [-0.39, 0.29) is 0 Å². The second-order valence-corrected chi connectivity index (χ2v) is 6.16. The molecule has 5 nitrogen and oxygen atoms in total. The van der Waals surface area contributed by atoms with Gasteiger partial charge in [0.1, 0.15) is 0 Å². The predicted octanol–water partition coefficient (Wildman–Crippen LogP) is 4.74. The molecule has 0 atom stereocenters. The van der Waals surface area contributed by atoms with Gasteiger partial charge in [0.25, 0.3) is 0 Å². The van der Waals surface area contributed by atoms with Crippen LogP contribution in [-0.2, 0) is 0 Å². The Balaban J connectivity index is 1.78. The highest BCUT2D eigenvalue weighted by molar-refractivity contribution is 9.10. The summed E-state index contributed by atoms with van der Waals surface area (Å²) in [5, 5.41) is 14.4. The van der Waals surface area contributed by atoms with E-state index in [9.17, 15) is 0 Å². The molecule has 0 fully saturated rings. The highest BCUT2D eigenvalue weighted by Crippen LogP contribution is 2.21. The van der Waals surface area contributed by atoms with Gasteiger partial charge in [-0.1, -0.05) is 33.6 Å². The van der Waals surface area contributed by atoms with Crippen LogP contribution in [0.1, 0.15) is 11.1 Å². The van der Waals surface area contributed by atoms with Crippen molar-refractivity contribution in [2.45, 2.75) is 13.8 Å². The standard InChI is InChI=1S/C17H16BrN5/c1-11-3-8-15(12(2)9-11)21-16-10-19-23-17(22-16)20-14-6-4-13(18)5-7-14/h3-10H,1-2H3,(H2,20,21,22,23). The number of hydrogen-bond donors (Lipinski definition) is 2. The summed E-state index contributed by atoms with van der Waals surface area (Å²) in [6.45, 7) is 4.13. The molecule has 0 radical (unpaired) electrons. The largest absolute Gasteiger partial charge is 0.339 e. The summed E-state index contributed by atoms with van der Waals surface area (Å²) >= 11 is 3.41. The fourth-order valence-electron chi connectivity index (χ4n) is 2.17. The molecule has 1 aromatic heterocycles. The lowest BCUT2D eigenvalue weighted by molar-refractivity contribution is 0.982. The van der Waals surface area contributed by atoms with Crippen molar-refractivity contribution in [3.8, 4) is 0 Å². The van der Waals surface area contributed by atoms with Crippen LogP contribution >= 0.6 is 15.9 Å². The molecule has 0 spiro atoms. The number of benzene rings is 2. The number of rotatable bonds is 4. The molecule has 2 aromatic carbocycles. The van der Waals surface area contributed by atoms with Gasteiger partial charge in [0.2, 0.25) is 5.95 Å². The molecule has 0 saturated carbocycles. The molecule has 0 aliphatic heterocycles. The van der Waals surface area contributed by atoms with Crippen molar-refractivity contribution in [1.29, 1.82) is 0 Å². The lowest BCUT2D eigenvalue weighted by Crippen LogP contribution is -2.03. The van der Waals surface area contributed by atoms with Crippen molar-refractivity contribution in [2.75, 3.05) is 10.6 Å². The summed E-state index contributed by atoms with van der Waals surface area (Å²) in [5.41, 5.74) is 4.29. The second kappa shape index (κ2) is 6.75. The molecule has 0 bridgehead atoms. The maximum atomic E-state index is 4.44. The third kappa shape index (κ3) is 4.04. The predicted molar refractivity (Wildman–Crippen MR) is 96.5 cm³/mol. The SMILES string of the molecule is Cc1ccc(Nc2cnnc(Nc3ccc(Br)cc3)n2)c(C)c1. The van der Waals surface area contributed by atoms with E-state index in [0.717, 1.165) is 21.4 Å². The molecule has 6 heteroatoms. The van der Waals surface area contributed by atoms with Crippen molar-refractivity contribution in [2.24, 2.45) is 0 Å². The van der Waals surface area contributed by atoms with Crippen LogP contribution in [0.3, 0.4) is 0 Å². The van der Waals surface area contributed by atoms with Crippen molar-refractivity contribution >= 4 is 39.1 Å². The zero-order valence-electron chi connectivity index (χ0n) is 12.8. The van der Waals surface area contributed by atoms with Crippen LogP contribution in [0.25, 0.3) is 0 Å². The Kier molecular flexibility index (Phi) is 4.52. The molecular weight excluding hydrogens is 354 g/mol. The van der Waals surface area contributed by atoms with Crippen molar-refractivity contribution in [3.05, 3.63) is 64.3 Å². The molecule has 1 heterocycles. The Labute approximate surface area is 143 Å². The van der Waals surface area contributed by atoms with Gasteiger partial charge < -0.3 is 10.6 Å². The lowest BCUT2D eigenvalue weighted by Gasteiger charge is -2.10. The Bertz CT molecular complexity index is 817. The summed E-state index contributed by atoms with van der Waals surface area (Å²) in [7, 11) is 0. The molecule has 2 N–H and O–H groups in total. The maximum Gasteiger partial charge on any atom is 0.249 e. The Hall–Kier alpha value is -2.47. The van der Waals surface area contributed by atoms with Crippen LogP contribution in [0, 0.1) is 13.8 Å². The number of halogens is 1. The Morgan fingerprint density at radius 3 is 2.48 bits per heavy atom. The van der Waals surface area contributed by atoms with Crippen LogP contribution in [0.5, 0.6) is 0 Å². The summed E-state index contributed by atoms with van der Waals surface area (Å²) in [4.78, 5) is 4.44. The van der Waals surface area contributed by atoms with Crippen molar-refractivity contribution < 1.29 is 0 Å². The molecule has 0 amide bonds. The van der Waals surface area contributed by atoms with E-state index in [4.69, 9.17) is 0 Å². The number of anilines is 4. The minimum Gasteiger partial charge on any atom is -0.339 e. The first-order valence-electron chi connectivity index (χ1n) is 7.17. The summed E-state index contributed by atoms with van der Waals surface area (Å²) in [6, 6.07) is 14.0. The summed E-state index contributed by atoms with van der Waals surface area (Å²) in [5.74, 6) is 1.09. The first-order chi connectivity index (χ1) is 11.1. The summed E-state index contributed by atoms with van der Waals surface area (Å²) in [6.07, 6.45) is 1.60. The van der Waals surface area contributed by atoms with Crippen LogP contribution in [-0.4, -0.2) is 15.2 Å². The van der Waals surface area contributed by atoms with E-state index >= 15 is 0 Å². The minimum atomic E-state index is 0.446. The third-order valence-corrected chi connectivity index (χ3v) is 3.83. The van der Waals surface area contributed by atoms with Gasteiger partial charge in [-0.25, -0.2) is 0 Å². The van der Waals surface area contributed by atoms with E-state index in [2.05, 4.69) is 67.7 Å². The van der Waals surface area contributed by atoms with Gasteiger partial charge in [0.05, 0.1) is 6.20 Å². The minimum absolute atomic E-state index is 0.446. The fourth-order valence-corrected chi connectivity index (χ4v) is 2.44. The van der Waals surface area contributed by atoms with Crippen molar-refractivity contribution in [1.82, 2.24) is 15.2 Å². The van der Waals surface area contributed by atoms with Gasteiger partial charge in [-0.15, -0.1) is 5.10 Å². The normalized spacial score (nSPS) is 10.4. The molecule has 23 heavy (non-hydrogen) atoms. The quantitative estimate of drug-likeness (QED) is 0.695. The number of aryl methyl sites for hydroxylation is 2. The second-order valence-electron chi connectivity index (χ2n) is 5.24. The molecular formula is C17H16BrN5. The average Bonchev–Trinajstić information content (AvgIpc) is 2.53. The van der Waals surface area contributed by atoms with Crippen LogP contribution in [0.2, 0.25) is 0 Å². The smallest absolute Gasteiger partial charge is 0.249 e. The molecule has 0 unspecified atom stereocenters. The van der Waals surface area contributed by atoms with Gasteiger partial charge in [0.15, 0.2) is 5.82 Å². The molecule has 116 valence electrons. The first-order valence-corrected chi connectivity index (χ1v) is 7.96. The van der Waals surface area contributed by atoms with E-state index in [0.29, 0.717) is 11.8 Å². The number of nitrogens with zero attached hydrogens (tertiary/aromatic N) is 3. The van der Waals surface area contributed by atoms with E-state index < -0.39 is 0 Å². The highest BCUT2D eigenvalue weighted by Gasteiger charge is 2.04. The fraction of sp³-hybridized carbons (Fsp3) is 0.118. The summed E-state index contributed by atoms with van der Waals surface area (Å²) < 4.78 is 1.02. The van der Waals surface area contributed by atoms with E-state index in [1.165, 1.54) is 5.56 Å². The topological polar surface area (TPSA) is 62.7 Å². The molecule has 0 saturated heterocycles. The lowest BCUT2D eigenvalue weighted by atomic mass is 10.1. The molecule has 3 aromatic rings. The Morgan fingerprint density at radius 1 is 0.957 bits per heavy atom. The highest BCUT2D eigenvalue weighted by atomic mass is 79.9. The van der Waals surface area contributed by atoms with E-state index in [1.54, 1.807) is 6.20 Å². The van der Waals surface area contributed by atoms with Gasteiger partial charge in [-0.2, -0.15) is 10.1 Å². The van der Waals surface area contributed by atoms with Gasteiger partial charge in [0, 0.05) is 15.8 Å². The average molecular weight is 370 g/mol. The first kappa shape index (κ1) is 15.4. The number of nitrogens with one attached hydrogen (secondary N) is 2. The Morgan fingerprint density at radius 2 is 1.74 bits per heavy atom. The third-order valence-electron chi connectivity index (χ3n) is 3.30. The van der Waals surface area contributed by atoms with Gasteiger partial charge in [-0.3, -0.25) is 0 Å². The maximum absolute atomic E-state index is 4.44. The molecule has 3 rings (SSSR count). The zero-order valence-corrected chi connectivity index (χ0v) is 14.4. The zero-order chi connectivity index (χ0) is 16.2. The monoisotopic (exact) mass is 369 g/mol. The van der Waals surface area contributed by atoms with Gasteiger partial charge in [-0.05, 0) is 49.7 Å². The van der Waals surface area contributed by atoms with Crippen molar-refractivity contribution in [3.63, 3.8) is 0 Å². The number of aromatic nitrogens is 3. The molecule has 0 aliphatic carbocycles. The molecule has 0 aliphatic rings.